The molecule has 1 rings (SSSR count). The molecule has 6 heteroatoms. The summed E-state index contributed by atoms with van der Waals surface area (Å²) in [4.78, 5) is 11.8. The Morgan fingerprint density at radius 1 is 1.37 bits per heavy atom. The van der Waals surface area contributed by atoms with E-state index >= 15 is 0 Å². The number of nitrogens with two attached hydrogens (primary N) is 1. The highest BCUT2D eigenvalue weighted by atomic mass is 35.5. The molecule has 1 aromatic rings. The van der Waals surface area contributed by atoms with Crippen LogP contribution < -0.4 is 15.8 Å². The lowest BCUT2D eigenvalue weighted by Gasteiger charge is -2.19. The van der Waals surface area contributed by atoms with Gasteiger partial charge in [-0.3, -0.25) is 4.79 Å². The van der Waals surface area contributed by atoms with Gasteiger partial charge in [-0.05, 0) is 13.0 Å². The van der Waals surface area contributed by atoms with Crippen LogP contribution in [-0.4, -0.2) is 32.8 Å². The number of nitrogens with one attached hydrogen (secondary N) is 1. The fourth-order valence-corrected chi connectivity index (χ4v) is 1.68. The van der Waals surface area contributed by atoms with Crippen molar-refractivity contribution in [3.63, 3.8) is 0 Å². The summed E-state index contributed by atoms with van der Waals surface area (Å²) >= 11 is 0. The van der Waals surface area contributed by atoms with E-state index in [4.69, 9.17) is 15.2 Å². The van der Waals surface area contributed by atoms with Gasteiger partial charge in [-0.25, -0.2) is 0 Å². The van der Waals surface area contributed by atoms with Crippen molar-refractivity contribution >= 4 is 18.3 Å². The summed E-state index contributed by atoms with van der Waals surface area (Å²) in [6, 6.07) is 6.71. The van der Waals surface area contributed by atoms with Crippen molar-refractivity contribution in [2.45, 2.75) is 19.0 Å². The topological polar surface area (TPSA) is 73.6 Å². The Balaban J connectivity index is 0.00000324. The van der Waals surface area contributed by atoms with Gasteiger partial charge >= 0.3 is 0 Å². The molecule has 3 N–H and O–H groups in total. The number of benzene rings is 1. The molecule has 0 saturated carbocycles. The second-order valence-corrected chi connectivity index (χ2v) is 4.03. The molecule has 0 fully saturated rings. The van der Waals surface area contributed by atoms with E-state index in [1.165, 1.54) is 7.11 Å². The predicted molar refractivity (Wildman–Crippen MR) is 76.7 cm³/mol. The number of hydrogen-bond acceptors (Lipinski definition) is 4. The largest absolute Gasteiger partial charge is 0.496 e. The number of carbonyl (C=O) groups excluding carboxylic acids is 1. The molecular formula is C13H21ClN2O3. The van der Waals surface area contributed by atoms with Crippen LogP contribution >= 0.6 is 12.4 Å². The molecule has 0 radical (unpaired) electrons. The van der Waals surface area contributed by atoms with Crippen LogP contribution in [0.2, 0.25) is 0 Å². The van der Waals surface area contributed by atoms with Gasteiger partial charge in [0.2, 0.25) is 5.91 Å². The van der Waals surface area contributed by atoms with Gasteiger partial charge in [0, 0.05) is 12.7 Å². The first-order valence-electron chi connectivity index (χ1n) is 5.78. The zero-order chi connectivity index (χ0) is 13.5. The minimum Gasteiger partial charge on any atom is -0.496 e. The summed E-state index contributed by atoms with van der Waals surface area (Å²) in [7, 11) is 3.11. The highest BCUT2D eigenvalue weighted by molar-refractivity contribution is 5.85. The standard InChI is InChI=1S/C13H20N2O3.ClH/c1-9(15-13(16)11(14)8-17-2)10-6-4-5-7-12(10)18-3;/h4-7,9,11H,8,14H2,1-3H3,(H,15,16);1H. The number of halogens is 1. The molecule has 0 spiro atoms. The SMILES string of the molecule is COCC(N)C(=O)NC(C)c1ccccc1OC.Cl. The minimum absolute atomic E-state index is 0. The smallest absolute Gasteiger partial charge is 0.239 e. The minimum atomic E-state index is -0.660. The van der Waals surface area contributed by atoms with Crippen LogP contribution in [-0.2, 0) is 9.53 Å². The second kappa shape index (κ2) is 8.74. The van der Waals surface area contributed by atoms with Crippen LogP contribution in [0.25, 0.3) is 0 Å². The van der Waals surface area contributed by atoms with Crippen molar-refractivity contribution in [1.82, 2.24) is 5.32 Å². The number of rotatable bonds is 6. The molecule has 1 aromatic carbocycles. The molecule has 0 aliphatic rings. The van der Waals surface area contributed by atoms with E-state index in [2.05, 4.69) is 5.32 Å². The van der Waals surface area contributed by atoms with Crippen molar-refractivity contribution in [1.29, 1.82) is 0 Å². The molecular weight excluding hydrogens is 268 g/mol. The summed E-state index contributed by atoms with van der Waals surface area (Å²) in [5.41, 5.74) is 6.57. The fraction of sp³-hybridized carbons (Fsp3) is 0.462. The van der Waals surface area contributed by atoms with Crippen LogP contribution in [0.4, 0.5) is 0 Å². The maximum Gasteiger partial charge on any atom is 0.239 e. The highest BCUT2D eigenvalue weighted by Gasteiger charge is 2.18. The maximum absolute atomic E-state index is 11.8. The van der Waals surface area contributed by atoms with Crippen molar-refractivity contribution < 1.29 is 14.3 Å². The lowest BCUT2D eigenvalue weighted by molar-refractivity contribution is -0.124. The Hall–Kier alpha value is -1.30. The summed E-state index contributed by atoms with van der Waals surface area (Å²) in [5.74, 6) is 0.501. The van der Waals surface area contributed by atoms with Crippen molar-refractivity contribution in [2.24, 2.45) is 5.73 Å². The molecule has 19 heavy (non-hydrogen) atoms. The quantitative estimate of drug-likeness (QED) is 0.827. The first kappa shape index (κ1) is 17.7. The number of methoxy groups -OCH3 is 2. The average Bonchev–Trinajstić information content (AvgIpc) is 2.38. The Morgan fingerprint density at radius 2 is 2.00 bits per heavy atom. The van der Waals surface area contributed by atoms with E-state index in [1.807, 2.05) is 31.2 Å². The second-order valence-electron chi connectivity index (χ2n) is 4.03. The van der Waals surface area contributed by atoms with Gasteiger partial charge in [-0.1, -0.05) is 18.2 Å². The zero-order valence-corrected chi connectivity index (χ0v) is 12.2. The van der Waals surface area contributed by atoms with Gasteiger partial charge in [0.15, 0.2) is 0 Å². The van der Waals surface area contributed by atoms with Crippen LogP contribution in [0.15, 0.2) is 24.3 Å². The molecule has 2 unspecified atom stereocenters. The molecule has 0 heterocycles. The summed E-state index contributed by atoms with van der Waals surface area (Å²) in [5, 5.41) is 2.83. The normalized spacial score (nSPS) is 13.1. The molecule has 0 aliphatic heterocycles. The molecule has 0 aliphatic carbocycles. The number of ether oxygens (including phenoxy) is 2. The van der Waals surface area contributed by atoms with E-state index in [1.54, 1.807) is 7.11 Å². The Kier molecular flexibility index (Phi) is 8.14. The predicted octanol–water partition coefficient (Wildman–Crippen LogP) is 1.27. The van der Waals surface area contributed by atoms with Crippen LogP contribution in [0.3, 0.4) is 0 Å². The van der Waals surface area contributed by atoms with E-state index in [0.717, 1.165) is 11.3 Å². The fourth-order valence-electron chi connectivity index (χ4n) is 1.68. The Bertz CT molecular complexity index is 401. The van der Waals surface area contributed by atoms with Gasteiger partial charge in [0.1, 0.15) is 11.8 Å². The van der Waals surface area contributed by atoms with Crippen LogP contribution in [0.1, 0.15) is 18.5 Å². The molecule has 2 atom stereocenters. The molecule has 0 aromatic heterocycles. The van der Waals surface area contributed by atoms with Crippen LogP contribution in [0.5, 0.6) is 5.75 Å². The molecule has 5 nitrogen and oxygen atoms in total. The molecule has 0 saturated heterocycles. The maximum atomic E-state index is 11.8. The average molecular weight is 289 g/mol. The molecule has 108 valence electrons. The molecule has 0 bridgehead atoms. The Labute approximate surface area is 119 Å². The van der Waals surface area contributed by atoms with E-state index in [9.17, 15) is 4.79 Å². The van der Waals surface area contributed by atoms with Crippen LogP contribution in [0, 0.1) is 0 Å². The van der Waals surface area contributed by atoms with Gasteiger partial charge in [0.25, 0.3) is 0 Å². The monoisotopic (exact) mass is 288 g/mol. The van der Waals surface area contributed by atoms with Crippen molar-refractivity contribution in [3.05, 3.63) is 29.8 Å². The first-order chi connectivity index (χ1) is 8.60. The lowest BCUT2D eigenvalue weighted by atomic mass is 10.1. The molecule has 1 amide bonds. The van der Waals surface area contributed by atoms with E-state index < -0.39 is 6.04 Å². The summed E-state index contributed by atoms with van der Waals surface area (Å²) < 4.78 is 10.1. The van der Waals surface area contributed by atoms with Gasteiger partial charge < -0.3 is 20.5 Å². The number of hydrogen-bond donors (Lipinski definition) is 2. The third kappa shape index (κ3) is 5.06. The van der Waals surface area contributed by atoms with Crippen molar-refractivity contribution in [3.8, 4) is 5.75 Å². The third-order valence-corrected chi connectivity index (χ3v) is 2.65. The van der Waals surface area contributed by atoms with E-state index in [0.29, 0.717) is 0 Å². The summed E-state index contributed by atoms with van der Waals surface area (Å²) in [6.07, 6.45) is 0. The number of carbonyl (C=O) groups is 1. The zero-order valence-electron chi connectivity index (χ0n) is 11.4. The van der Waals surface area contributed by atoms with Gasteiger partial charge in [-0.15, -0.1) is 12.4 Å². The summed E-state index contributed by atoms with van der Waals surface area (Å²) in [6.45, 7) is 2.08. The van der Waals surface area contributed by atoms with E-state index in [-0.39, 0.29) is 31.0 Å². The lowest BCUT2D eigenvalue weighted by Crippen LogP contribution is -2.44. The number of para-hydroxylation sites is 1. The Morgan fingerprint density at radius 3 is 2.58 bits per heavy atom. The van der Waals surface area contributed by atoms with Gasteiger partial charge in [0.05, 0.1) is 19.8 Å². The first-order valence-corrected chi connectivity index (χ1v) is 5.78. The third-order valence-electron chi connectivity index (χ3n) is 2.65. The van der Waals surface area contributed by atoms with Crippen molar-refractivity contribution in [2.75, 3.05) is 20.8 Å². The van der Waals surface area contributed by atoms with Gasteiger partial charge in [-0.2, -0.15) is 0 Å². The highest BCUT2D eigenvalue weighted by Crippen LogP contribution is 2.24. The number of amides is 1.